The van der Waals surface area contributed by atoms with E-state index in [0.717, 1.165) is 0 Å². The van der Waals surface area contributed by atoms with Crippen LogP contribution < -0.4 is 0 Å². The Balaban J connectivity index is 4.17. The van der Waals surface area contributed by atoms with E-state index in [1.54, 1.807) is 0 Å². The minimum atomic E-state index is -0.523. The molecule has 9 heavy (non-hydrogen) atoms. The average Bonchev–Trinajstić information content (AvgIpc) is 1.63. The van der Waals surface area contributed by atoms with Gasteiger partial charge in [-0.3, -0.25) is 0 Å². The lowest BCUT2D eigenvalue weighted by atomic mass is 10.4. The molecule has 0 aromatic rings. The molecule has 0 amide bonds. The van der Waals surface area contributed by atoms with Crippen LogP contribution in [0.1, 0.15) is 0 Å². The number of allylic oxidation sites excluding steroid dienone is 3. The van der Waals surface area contributed by atoms with E-state index in [2.05, 4.69) is 41.7 Å². The van der Waals surface area contributed by atoms with E-state index in [1.165, 1.54) is 6.08 Å². The molecule has 0 spiro atoms. The lowest BCUT2D eigenvalue weighted by Crippen LogP contribution is -1.68. The second kappa shape index (κ2) is 3.90. The van der Waals surface area contributed by atoms with Gasteiger partial charge in [-0.15, -0.1) is 12.6 Å². The highest BCUT2D eigenvalue weighted by molar-refractivity contribution is 9.12. The zero-order chi connectivity index (χ0) is 7.44. The van der Waals surface area contributed by atoms with Gasteiger partial charge in [-0.2, -0.15) is 0 Å². The number of hydrogen-bond donors (Lipinski definition) is 1. The number of halogens is 2. The maximum absolute atomic E-state index is 12.1. The van der Waals surface area contributed by atoms with Crippen molar-refractivity contribution >= 4 is 28.6 Å². The van der Waals surface area contributed by atoms with E-state index in [4.69, 9.17) is 0 Å². The molecule has 0 unspecified atom stereocenters. The smallest absolute Gasteiger partial charge is 0.130 e. The summed E-state index contributed by atoms with van der Waals surface area (Å²) in [6, 6.07) is 0. The molecule has 0 nitrogen and oxygen atoms in total. The van der Waals surface area contributed by atoms with Crippen molar-refractivity contribution in [1.82, 2.24) is 0 Å². The molecule has 50 valence electrons. The summed E-state index contributed by atoms with van der Waals surface area (Å²) >= 11 is 6.74. The van der Waals surface area contributed by atoms with Gasteiger partial charge in [0, 0.05) is 0 Å². The monoisotopic (exact) mass is 208 g/mol. The van der Waals surface area contributed by atoms with Crippen LogP contribution in [-0.4, -0.2) is 0 Å². The van der Waals surface area contributed by atoms with Crippen LogP contribution in [0.3, 0.4) is 0 Å². The van der Waals surface area contributed by atoms with Gasteiger partial charge in [0.1, 0.15) is 5.83 Å². The molecule has 0 fully saturated rings. The first-order chi connectivity index (χ1) is 4.04. The summed E-state index contributed by atoms with van der Waals surface area (Å²) in [6.45, 7) is 6.48. The number of thiol groups is 1. The summed E-state index contributed by atoms with van der Waals surface area (Å²) in [5, 5.41) is 0. The van der Waals surface area contributed by atoms with Gasteiger partial charge in [0.05, 0.1) is 4.48 Å². The molecular formula is C6H6BrFS. The SMILES string of the molecule is C=C(S)/C=C(/Br)C(=C)F. The van der Waals surface area contributed by atoms with Crippen LogP contribution in [-0.2, 0) is 0 Å². The third kappa shape index (κ3) is 4.48. The highest BCUT2D eigenvalue weighted by Crippen LogP contribution is 2.18. The standard InChI is InChI=1S/C6H6BrFS/c1-4(9)3-6(7)5(2)8/h3,9H,1-2H2/b6-3+. The van der Waals surface area contributed by atoms with Gasteiger partial charge in [0.15, 0.2) is 0 Å². The molecule has 0 aliphatic heterocycles. The van der Waals surface area contributed by atoms with Gasteiger partial charge < -0.3 is 0 Å². The Labute approximate surface area is 67.7 Å². The van der Waals surface area contributed by atoms with Crippen molar-refractivity contribution in [2.45, 2.75) is 0 Å². The number of hydrogen-bond acceptors (Lipinski definition) is 1. The zero-order valence-electron chi connectivity index (χ0n) is 4.69. The van der Waals surface area contributed by atoms with Crippen molar-refractivity contribution < 1.29 is 4.39 Å². The maximum atomic E-state index is 12.1. The molecule has 0 heterocycles. The lowest BCUT2D eigenvalue weighted by molar-refractivity contribution is 0.668. The Bertz CT molecular complexity index is 172. The first-order valence-corrected chi connectivity index (χ1v) is 3.38. The van der Waals surface area contributed by atoms with E-state index >= 15 is 0 Å². The van der Waals surface area contributed by atoms with Crippen LogP contribution >= 0.6 is 28.6 Å². The van der Waals surface area contributed by atoms with Crippen molar-refractivity contribution in [3.8, 4) is 0 Å². The third-order valence-electron chi connectivity index (χ3n) is 0.552. The first kappa shape index (κ1) is 8.98. The summed E-state index contributed by atoms with van der Waals surface area (Å²) < 4.78 is 12.4. The molecule has 0 saturated heterocycles. The second-order valence-corrected chi connectivity index (χ2v) is 2.82. The first-order valence-electron chi connectivity index (χ1n) is 2.14. The predicted octanol–water partition coefficient (Wildman–Crippen LogP) is 3.19. The van der Waals surface area contributed by atoms with E-state index in [1.807, 2.05) is 0 Å². The highest BCUT2D eigenvalue weighted by Gasteiger charge is 1.93. The minimum Gasteiger partial charge on any atom is -0.206 e. The molecule has 0 atom stereocenters. The Hall–Kier alpha value is -0.0200. The minimum absolute atomic E-state index is 0.280. The Kier molecular flexibility index (Phi) is 3.89. The van der Waals surface area contributed by atoms with Gasteiger partial charge >= 0.3 is 0 Å². The van der Waals surface area contributed by atoms with Crippen LogP contribution in [0.25, 0.3) is 0 Å². The molecule has 0 aliphatic rings. The fourth-order valence-corrected chi connectivity index (χ4v) is 0.807. The zero-order valence-corrected chi connectivity index (χ0v) is 7.18. The lowest BCUT2D eigenvalue weighted by Gasteiger charge is -1.90. The molecule has 0 bridgehead atoms. The summed E-state index contributed by atoms with van der Waals surface area (Å²) in [7, 11) is 0. The molecule has 0 aromatic heterocycles. The molecule has 0 aromatic carbocycles. The topological polar surface area (TPSA) is 0 Å². The Morgan fingerprint density at radius 1 is 1.56 bits per heavy atom. The summed E-state index contributed by atoms with van der Waals surface area (Å²) in [5.74, 6) is -0.523. The molecule has 0 N–H and O–H groups in total. The highest BCUT2D eigenvalue weighted by atomic mass is 79.9. The van der Waals surface area contributed by atoms with Gasteiger partial charge in [-0.1, -0.05) is 13.2 Å². The molecular weight excluding hydrogens is 203 g/mol. The molecule has 0 aliphatic carbocycles. The molecule has 0 radical (unpaired) electrons. The normalized spacial score (nSPS) is 11.2. The average molecular weight is 209 g/mol. The van der Waals surface area contributed by atoms with E-state index in [0.29, 0.717) is 4.91 Å². The van der Waals surface area contributed by atoms with Crippen LogP contribution in [0.4, 0.5) is 4.39 Å². The van der Waals surface area contributed by atoms with Gasteiger partial charge in [-0.25, -0.2) is 4.39 Å². The summed E-state index contributed by atoms with van der Waals surface area (Å²) in [5.41, 5.74) is 0. The van der Waals surface area contributed by atoms with Crippen molar-refractivity contribution in [1.29, 1.82) is 0 Å². The van der Waals surface area contributed by atoms with Gasteiger partial charge in [0.25, 0.3) is 0 Å². The fourth-order valence-electron chi connectivity index (χ4n) is 0.225. The molecule has 0 saturated carbocycles. The largest absolute Gasteiger partial charge is 0.206 e. The quantitative estimate of drug-likeness (QED) is 0.524. The van der Waals surface area contributed by atoms with Crippen LogP contribution in [0, 0.1) is 0 Å². The van der Waals surface area contributed by atoms with Crippen LogP contribution in [0.15, 0.2) is 34.4 Å². The van der Waals surface area contributed by atoms with Crippen molar-refractivity contribution in [3.05, 3.63) is 34.4 Å². The van der Waals surface area contributed by atoms with E-state index in [9.17, 15) is 4.39 Å². The Morgan fingerprint density at radius 2 is 2.00 bits per heavy atom. The van der Waals surface area contributed by atoms with Crippen LogP contribution in [0.5, 0.6) is 0 Å². The number of rotatable bonds is 2. The molecule has 3 heteroatoms. The Morgan fingerprint density at radius 3 is 2.11 bits per heavy atom. The van der Waals surface area contributed by atoms with Crippen molar-refractivity contribution in [2.75, 3.05) is 0 Å². The maximum Gasteiger partial charge on any atom is 0.130 e. The van der Waals surface area contributed by atoms with E-state index in [-0.39, 0.29) is 4.48 Å². The van der Waals surface area contributed by atoms with Gasteiger partial charge in [0.2, 0.25) is 0 Å². The molecule has 0 rings (SSSR count). The third-order valence-corrected chi connectivity index (χ3v) is 1.34. The van der Waals surface area contributed by atoms with Gasteiger partial charge in [-0.05, 0) is 26.9 Å². The fraction of sp³-hybridized carbons (Fsp3) is 0. The summed E-state index contributed by atoms with van der Waals surface area (Å²) in [4.78, 5) is 0.487. The summed E-state index contributed by atoms with van der Waals surface area (Å²) in [6.07, 6.45) is 1.44. The van der Waals surface area contributed by atoms with Crippen molar-refractivity contribution in [3.63, 3.8) is 0 Å². The van der Waals surface area contributed by atoms with Crippen molar-refractivity contribution in [2.24, 2.45) is 0 Å². The van der Waals surface area contributed by atoms with E-state index < -0.39 is 5.83 Å². The second-order valence-electron chi connectivity index (χ2n) is 1.39. The van der Waals surface area contributed by atoms with Crippen LogP contribution in [0.2, 0.25) is 0 Å². The predicted molar refractivity (Wildman–Crippen MR) is 45.4 cm³/mol.